The Morgan fingerprint density at radius 1 is 1.03 bits per heavy atom. The smallest absolute Gasteiger partial charge is 0.406 e. The van der Waals surface area contributed by atoms with Crippen LogP contribution in [0.25, 0.3) is 11.1 Å². The highest BCUT2D eigenvalue weighted by atomic mass is 19.4. The molecule has 0 fully saturated rings. The predicted molar refractivity (Wildman–Crippen MR) is 119 cm³/mol. The van der Waals surface area contributed by atoms with Crippen molar-refractivity contribution in [3.63, 3.8) is 0 Å². The maximum Gasteiger partial charge on any atom is 0.573 e. The zero-order valence-corrected chi connectivity index (χ0v) is 18.3. The topological polar surface area (TPSA) is 80.2 Å². The lowest BCUT2D eigenvalue weighted by Gasteiger charge is -2.25. The average Bonchev–Trinajstić information content (AvgIpc) is 2.79. The van der Waals surface area contributed by atoms with Gasteiger partial charge in [-0.1, -0.05) is 13.8 Å². The van der Waals surface area contributed by atoms with Crippen LogP contribution in [0.1, 0.15) is 37.0 Å². The summed E-state index contributed by atoms with van der Waals surface area (Å²) in [6, 6.07) is 6.64. The van der Waals surface area contributed by atoms with Gasteiger partial charge in [0.15, 0.2) is 0 Å². The number of aromatic nitrogens is 3. The van der Waals surface area contributed by atoms with Crippen LogP contribution in [0.5, 0.6) is 5.75 Å². The monoisotopic (exact) mass is 459 g/mol. The summed E-state index contributed by atoms with van der Waals surface area (Å²) in [7, 11) is 0. The second-order valence-electron chi connectivity index (χ2n) is 7.24. The fourth-order valence-electron chi connectivity index (χ4n) is 3.29. The van der Waals surface area contributed by atoms with Gasteiger partial charge in [-0.3, -0.25) is 4.79 Å². The first kappa shape index (κ1) is 24.0. The first-order valence-electron chi connectivity index (χ1n) is 10.5. The number of nitrogens with zero attached hydrogens (tertiary/aromatic N) is 4. The van der Waals surface area contributed by atoms with Gasteiger partial charge in [-0.25, -0.2) is 15.0 Å². The molecule has 0 aliphatic carbocycles. The highest BCUT2D eigenvalue weighted by Gasteiger charge is 2.31. The molecule has 0 bridgehead atoms. The minimum atomic E-state index is -4.78. The standard InChI is InChI=1S/C23H24F3N5O2/c1-3-9-31(10-4-2)21-20(17-12-27-15-28-13-17)11-16(14-29-21)22(32)30-18-5-7-19(8-6-18)33-23(24,25)26/h5-8,11-15H,3-4,9-10H2,1-2H3,(H,30,32). The SMILES string of the molecule is CCCN(CCC)c1ncc(C(=O)Nc2ccc(OC(F)(F)F)cc2)cc1-c1cncnc1. The molecule has 0 unspecified atom stereocenters. The lowest BCUT2D eigenvalue weighted by Crippen LogP contribution is -2.27. The Labute approximate surface area is 189 Å². The van der Waals surface area contributed by atoms with Crippen molar-refractivity contribution in [2.75, 3.05) is 23.3 Å². The first-order valence-corrected chi connectivity index (χ1v) is 10.5. The predicted octanol–water partition coefficient (Wildman–Crippen LogP) is 5.32. The number of benzene rings is 1. The second-order valence-corrected chi connectivity index (χ2v) is 7.24. The van der Waals surface area contributed by atoms with Crippen LogP contribution in [0.4, 0.5) is 24.7 Å². The number of rotatable bonds is 9. The maximum absolute atomic E-state index is 12.8. The molecule has 0 aliphatic heterocycles. The summed E-state index contributed by atoms with van der Waals surface area (Å²) in [6.07, 6.45) is 3.31. The normalized spacial score (nSPS) is 11.2. The number of alkyl halides is 3. The Hall–Kier alpha value is -3.69. The quantitative estimate of drug-likeness (QED) is 0.467. The third kappa shape index (κ3) is 6.64. The molecule has 1 amide bonds. The Balaban J connectivity index is 1.88. The molecule has 33 heavy (non-hydrogen) atoms. The van der Waals surface area contributed by atoms with Crippen molar-refractivity contribution >= 4 is 17.4 Å². The summed E-state index contributed by atoms with van der Waals surface area (Å²) in [5.74, 6) is -0.0855. The van der Waals surface area contributed by atoms with Crippen molar-refractivity contribution in [1.82, 2.24) is 15.0 Å². The number of carbonyl (C=O) groups excluding carboxylic acids is 1. The third-order valence-electron chi connectivity index (χ3n) is 4.63. The summed E-state index contributed by atoms with van der Waals surface area (Å²) in [5, 5.41) is 2.67. The number of pyridine rings is 1. The number of anilines is 2. The summed E-state index contributed by atoms with van der Waals surface area (Å²) >= 11 is 0. The summed E-state index contributed by atoms with van der Waals surface area (Å²) in [4.78, 5) is 27.7. The van der Waals surface area contributed by atoms with E-state index in [-0.39, 0.29) is 5.75 Å². The molecule has 0 radical (unpaired) electrons. The molecule has 0 saturated carbocycles. The lowest BCUT2D eigenvalue weighted by molar-refractivity contribution is -0.274. The van der Waals surface area contributed by atoms with Gasteiger partial charge < -0.3 is 15.0 Å². The molecule has 0 saturated heterocycles. The molecule has 2 aromatic heterocycles. The Morgan fingerprint density at radius 3 is 2.24 bits per heavy atom. The molecule has 2 heterocycles. The van der Waals surface area contributed by atoms with Crippen LogP contribution >= 0.6 is 0 Å². The molecule has 0 atom stereocenters. The Kier molecular flexibility index (Phi) is 7.81. The highest BCUT2D eigenvalue weighted by Crippen LogP contribution is 2.30. The molecule has 174 valence electrons. The van der Waals surface area contributed by atoms with Crippen LogP contribution in [0.2, 0.25) is 0 Å². The van der Waals surface area contributed by atoms with Crippen molar-refractivity contribution in [3.8, 4) is 16.9 Å². The molecule has 0 spiro atoms. The number of amides is 1. The number of ether oxygens (including phenoxy) is 1. The van der Waals surface area contributed by atoms with E-state index in [1.54, 1.807) is 18.5 Å². The van der Waals surface area contributed by atoms with Crippen LogP contribution in [-0.2, 0) is 0 Å². The molecule has 3 rings (SSSR count). The average molecular weight is 459 g/mol. The molecule has 0 aliphatic rings. The van der Waals surface area contributed by atoms with Crippen LogP contribution in [0, 0.1) is 0 Å². The van der Waals surface area contributed by atoms with E-state index < -0.39 is 12.3 Å². The van der Waals surface area contributed by atoms with Crippen LogP contribution in [-0.4, -0.2) is 40.3 Å². The molecule has 7 nitrogen and oxygen atoms in total. The molecular weight excluding hydrogens is 435 g/mol. The molecule has 1 aromatic carbocycles. The van der Waals surface area contributed by atoms with Gasteiger partial charge in [-0.05, 0) is 43.2 Å². The van der Waals surface area contributed by atoms with Crippen LogP contribution in [0.15, 0.2) is 55.2 Å². The molecular formula is C23H24F3N5O2. The number of hydrogen-bond acceptors (Lipinski definition) is 6. The number of carbonyl (C=O) groups is 1. The van der Waals surface area contributed by atoms with E-state index in [1.165, 1.54) is 24.7 Å². The van der Waals surface area contributed by atoms with E-state index in [2.05, 4.69) is 43.8 Å². The van der Waals surface area contributed by atoms with Gasteiger partial charge in [0.05, 0.1) is 5.56 Å². The van der Waals surface area contributed by atoms with Gasteiger partial charge >= 0.3 is 6.36 Å². The van der Waals surface area contributed by atoms with Crippen molar-refractivity contribution in [3.05, 3.63) is 60.8 Å². The fraction of sp³-hybridized carbons (Fsp3) is 0.304. The zero-order chi connectivity index (χ0) is 23.8. The third-order valence-corrected chi connectivity index (χ3v) is 4.63. The Bertz CT molecular complexity index is 1050. The number of halogens is 3. The van der Waals surface area contributed by atoms with Gasteiger partial charge in [-0.15, -0.1) is 13.2 Å². The summed E-state index contributed by atoms with van der Waals surface area (Å²) in [6.45, 7) is 5.78. The van der Waals surface area contributed by atoms with Gasteiger partial charge in [-0.2, -0.15) is 0 Å². The molecule has 10 heteroatoms. The van der Waals surface area contributed by atoms with Crippen molar-refractivity contribution in [1.29, 1.82) is 0 Å². The molecule has 1 N–H and O–H groups in total. The van der Waals surface area contributed by atoms with E-state index >= 15 is 0 Å². The van der Waals surface area contributed by atoms with Gasteiger partial charge in [0.2, 0.25) is 0 Å². The highest BCUT2D eigenvalue weighted by molar-refractivity contribution is 6.05. The van der Waals surface area contributed by atoms with E-state index in [0.717, 1.165) is 55.0 Å². The van der Waals surface area contributed by atoms with Crippen molar-refractivity contribution in [2.24, 2.45) is 0 Å². The van der Waals surface area contributed by atoms with Gasteiger partial charge in [0.25, 0.3) is 5.91 Å². The Morgan fingerprint density at radius 2 is 1.67 bits per heavy atom. The van der Waals surface area contributed by atoms with E-state index in [9.17, 15) is 18.0 Å². The van der Waals surface area contributed by atoms with E-state index in [4.69, 9.17) is 0 Å². The zero-order valence-electron chi connectivity index (χ0n) is 18.3. The summed E-state index contributed by atoms with van der Waals surface area (Å²) < 4.78 is 40.8. The number of hydrogen-bond donors (Lipinski definition) is 1. The van der Waals surface area contributed by atoms with Crippen LogP contribution < -0.4 is 15.0 Å². The van der Waals surface area contributed by atoms with Crippen molar-refractivity contribution < 1.29 is 22.7 Å². The maximum atomic E-state index is 12.8. The lowest BCUT2D eigenvalue weighted by atomic mass is 10.1. The minimum absolute atomic E-state index is 0.293. The van der Waals surface area contributed by atoms with Gasteiger partial charge in [0, 0.05) is 48.5 Å². The first-order chi connectivity index (χ1) is 15.8. The summed E-state index contributed by atoms with van der Waals surface area (Å²) in [5.41, 5.74) is 2.06. The minimum Gasteiger partial charge on any atom is -0.406 e. The second kappa shape index (κ2) is 10.8. The fourth-order valence-corrected chi connectivity index (χ4v) is 3.29. The van der Waals surface area contributed by atoms with Crippen molar-refractivity contribution in [2.45, 2.75) is 33.1 Å². The number of nitrogens with one attached hydrogen (secondary N) is 1. The largest absolute Gasteiger partial charge is 0.573 e. The van der Waals surface area contributed by atoms with Crippen LogP contribution in [0.3, 0.4) is 0 Å². The van der Waals surface area contributed by atoms with E-state index in [1.807, 2.05) is 0 Å². The van der Waals surface area contributed by atoms with E-state index in [0.29, 0.717) is 11.3 Å². The molecule has 3 aromatic rings. The van der Waals surface area contributed by atoms with Gasteiger partial charge in [0.1, 0.15) is 17.9 Å².